The van der Waals surface area contributed by atoms with Crippen molar-refractivity contribution in [1.29, 1.82) is 0 Å². The monoisotopic (exact) mass is 352 g/mol. The number of hydrogen-bond acceptors (Lipinski definition) is 4. The lowest BCUT2D eigenvalue weighted by atomic mass is 10.0. The van der Waals surface area contributed by atoms with Crippen molar-refractivity contribution < 1.29 is 9.13 Å². The Labute approximate surface area is 150 Å². The molecule has 2 aromatic rings. The summed E-state index contributed by atoms with van der Waals surface area (Å²) >= 11 is 1.61. The third kappa shape index (κ3) is 3.61. The van der Waals surface area contributed by atoms with E-state index in [2.05, 4.69) is 27.6 Å². The molecule has 4 rings (SSSR count). The summed E-state index contributed by atoms with van der Waals surface area (Å²) in [5.74, 6) is 2.53. The number of rotatable bonds is 4. The van der Waals surface area contributed by atoms with Crippen LogP contribution in [0.4, 0.5) is 4.39 Å². The van der Waals surface area contributed by atoms with Crippen molar-refractivity contribution in [2.75, 3.05) is 12.3 Å². The van der Waals surface area contributed by atoms with E-state index >= 15 is 0 Å². The van der Waals surface area contributed by atoms with Crippen molar-refractivity contribution in [3.8, 4) is 5.75 Å². The molecule has 0 saturated carbocycles. The number of allylic oxidation sites excluding steroid dienone is 2. The average molecular weight is 352 g/mol. The maximum Gasteiger partial charge on any atom is 0.148 e. The lowest BCUT2D eigenvalue weighted by Crippen LogP contribution is -2.32. The molecule has 5 heteroatoms. The number of nitrogens with zero attached hydrogens (tertiary/aromatic N) is 2. The molecule has 2 aliphatic heterocycles. The predicted molar refractivity (Wildman–Crippen MR) is 101 cm³/mol. The molecule has 126 valence electrons. The van der Waals surface area contributed by atoms with Gasteiger partial charge in [-0.25, -0.2) is 4.39 Å². The van der Waals surface area contributed by atoms with E-state index in [4.69, 9.17) is 4.74 Å². The van der Waals surface area contributed by atoms with Crippen LogP contribution in [0.25, 0.3) is 5.57 Å². The highest BCUT2D eigenvalue weighted by molar-refractivity contribution is 7.98. The second-order valence-electron chi connectivity index (χ2n) is 5.81. The van der Waals surface area contributed by atoms with Crippen LogP contribution in [-0.4, -0.2) is 23.0 Å². The molecule has 2 aliphatic rings. The molecule has 0 aromatic heterocycles. The minimum absolute atomic E-state index is 0.246. The van der Waals surface area contributed by atoms with Gasteiger partial charge in [0.1, 0.15) is 24.0 Å². The lowest BCUT2D eigenvalue weighted by molar-refractivity contribution is 0.305. The molecule has 0 atom stereocenters. The van der Waals surface area contributed by atoms with E-state index in [1.807, 2.05) is 30.3 Å². The number of benzene rings is 2. The zero-order chi connectivity index (χ0) is 17.1. The van der Waals surface area contributed by atoms with E-state index in [9.17, 15) is 4.39 Å². The summed E-state index contributed by atoms with van der Waals surface area (Å²) in [6.07, 6.45) is 6.21. The van der Waals surface area contributed by atoms with Crippen LogP contribution in [0.3, 0.4) is 0 Å². The van der Waals surface area contributed by atoms with Crippen molar-refractivity contribution in [3.63, 3.8) is 0 Å². The van der Waals surface area contributed by atoms with Crippen molar-refractivity contribution >= 4 is 23.4 Å². The highest BCUT2D eigenvalue weighted by Gasteiger charge is 2.21. The van der Waals surface area contributed by atoms with Crippen LogP contribution in [0.15, 0.2) is 71.3 Å². The SMILES string of the molecule is Fc1cccc(COc2ccc(C3=CC=CN4CCSN=C34)cc2)c1. The molecule has 2 heterocycles. The fourth-order valence-electron chi connectivity index (χ4n) is 2.82. The number of ether oxygens (including phenoxy) is 1. The summed E-state index contributed by atoms with van der Waals surface area (Å²) in [5, 5.41) is 0. The maximum absolute atomic E-state index is 13.2. The van der Waals surface area contributed by atoms with Gasteiger partial charge < -0.3 is 9.64 Å². The summed E-state index contributed by atoms with van der Waals surface area (Å²) < 4.78 is 23.5. The molecule has 25 heavy (non-hydrogen) atoms. The molecular weight excluding hydrogens is 335 g/mol. The van der Waals surface area contributed by atoms with E-state index in [1.54, 1.807) is 18.0 Å². The third-order valence-electron chi connectivity index (χ3n) is 4.08. The molecule has 0 fully saturated rings. The zero-order valence-electron chi connectivity index (χ0n) is 13.6. The molecule has 0 radical (unpaired) electrons. The Kier molecular flexibility index (Phi) is 4.57. The highest BCUT2D eigenvalue weighted by atomic mass is 32.2. The Balaban J connectivity index is 1.47. The number of hydrogen-bond donors (Lipinski definition) is 0. The van der Waals surface area contributed by atoms with Gasteiger partial charge in [0.05, 0.1) is 0 Å². The summed E-state index contributed by atoms with van der Waals surface area (Å²) in [4.78, 5) is 2.18. The molecule has 3 nitrogen and oxygen atoms in total. The van der Waals surface area contributed by atoms with Gasteiger partial charge in [-0.05, 0) is 59.5 Å². The van der Waals surface area contributed by atoms with E-state index in [1.165, 1.54) is 12.1 Å². The van der Waals surface area contributed by atoms with Gasteiger partial charge in [-0.1, -0.05) is 24.3 Å². The van der Waals surface area contributed by atoms with Crippen molar-refractivity contribution in [2.24, 2.45) is 4.40 Å². The molecule has 0 bridgehead atoms. The Hall–Kier alpha value is -2.53. The summed E-state index contributed by atoms with van der Waals surface area (Å²) in [7, 11) is 0. The fraction of sp³-hybridized carbons (Fsp3) is 0.150. The average Bonchev–Trinajstić information content (AvgIpc) is 2.66. The second kappa shape index (κ2) is 7.15. The third-order valence-corrected chi connectivity index (χ3v) is 4.74. The molecule has 0 unspecified atom stereocenters. The zero-order valence-corrected chi connectivity index (χ0v) is 14.4. The first-order valence-corrected chi connectivity index (χ1v) is 9.07. The van der Waals surface area contributed by atoms with Crippen LogP contribution < -0.4 is 4.74 Å². The fourth-order valence-corrected chi connectivity index (χ4v) is 3.52. The first-order valence-electron chi connectivity index (χ1n) is 8.13. The minimum Gasteiger partial charge on any atom is -0.489 e. The quantitative estimate of drug-likeness (QED) is 0.747. The van der Waals surface area contributed by atoms with Crippen LogP contribution in [0.2, 0.25) is 0 Å². The van der Waals surface area contributed by atoms with Gasteiger partial charge in [0, 0.05) is 24.1 Å². The Morgan fingerprint density at radius 3 is 2.88 bits per heavy atom. The molecule has 0 amide bonds. The van der Waals surface area contributed by atoms with Gasteiger partial charge in [-0.2, -0.15) is 4.40 Å². The van der Waals surface area contributed by atoms with Gasteiger partial charge in [-0.3, -0.25) is 0 Å². The molecule has 0 saturated heterocycles. The maximum atomic E-state index is 13.2. The van der Waals surface area contributed by atoms with Crippen molar-refractivity contribution in [1.82, 2.24) is 4.90 Å². The Bertz CT molecular complexity index is 858. The van der Waals surface area contributed by atoms with E-state index in [0.29, 0.717) is 6.61 Å². The first kappa shape index (κ1) is 16.0. The molecular formula is C20H17FN2OS. The predicted octanol–water partition coefficient (Wildman–Crippen LogP) is 4.68. The van der Waals surface area contributed by atoms with Gasteiger partial charge in [-0.15, -0.1) is 0 Å². The minimum atomic E-state index is -0.246. The van der Waals surface area contributed by atoms with Crippen molar-refractivity contribution in [3.05, 3.63) is 83.8 Å². The van der Waals surface area contributed by atoms with Crippen LogP contribution >= 0.6 is 11.9 Å². The Morgan fingerprint density at radius 1 is 1.16 bits per heavy atom. The first-order chi connectivity index (χ1) is 12.3. The molecule has 2 aromatic carbocycles. The highest BCUT2D eigenvalue weighted by Crippen LogP contribution is 2.28. The van der Waals surface area contributed by atoms with Gasteiger partial charge in [0.15, 0.2) is 0 Å². The van der Waals surface area contributed by atoms with E-state index in [-0.39, 0.29) is 5.82 Å². The van der Waals surface area contributed by atoms with E-state index < -0.39 is 0 Å². The second-order valence-corrected chi connectivity index (χ2v) is 6.66. The van der Waals surface area contributed by atoms with Gasteiger partial charge in [0.2, 0.25) is 0 Å². The van der Waals surface area contributed by atoms with E-state index in [0.717, 1.165) is 40.6 Å². The number of fused-ring (bicyclic) bond motifs is 1. The molecule has 0 spiro atoms. The Morgan fingerprint density at radius 2 is 2.04 bits per heavy atom. The number of amidine groups is 1. The van der Waals surface area contributed by atoms with Crippen LogP contribution in [0.5, 0.6) is 5.75 Å². The summed E-state index contributed by atoms with van der Waals surface area (Å²) in [6, 6.07) is 14.4. The topological polar surface area (TPSA) is 24.8 Å². The van der Waals surface area contributed by atoms with Gasteiger partial charge >= 0.3 is 0 Å². The lowest BCUT2D eigenvalue weighted by Gasteiger charge is -2.29. The largest absolute Gasteiger partial charge is 0.489 e. The summed E-state index contributed by atoms with van der Waals surface area (Å²) in [5.41, 5.74) is 3.04. The smallest absolute Gasteiger partial charge is 0.148 e. The van der Waals surface area contributed by atoms with Gasteiger partial charge in [0.25, 0.3) is 0 Å². The number of halogens is 1. The molecule has 0 aliphatic carbocycles. The normalized spacial score (nSPS) is 16.1. The standard InChI is InChI=1S/C20H17FN2OS/c21-17-4-1-3-15(13-17)14-24-18-8-6-16(7-9-18)19-5-2-10-23-11-12-25-22-20(19)23/h1-10,13H,11-12,14H2. The van der Waals surface area contributed by atoms with Crippen LogP contribution in [0.1, 0.15) is 11.1 Å². The van der Waals surface area contributed by atoms with Crippen molar-refractivity contribution in [2.45, 2.75) is 6.61 Å². The van der Waals surface area contributed by atoms with Crippen LogP contribution in [0, 0.1) is 5.82 Å². The molecule has 0 N–H and O–H groups in total. The van der Waals surface area contributed by atoms with Crippen LogP contribution in [-0.2, 0) is 6.61 Å². The summed E-state index contributed by atoms with van der Waals surface area (Å²) in [6.45, 7) is 1.33.